The van der Waals surface area contributed by atoms with Gasteiger partial charge in [0.2, 0.25) is 65.2 Å². The maximum atomic E-state index is 15.3. The summed E-state index contributed by atoms with van der Waals surface area (Å²) in [5, 5.41) is 85.0. The molecule has 14 atom stereocenters. The third-order valence-corrected chi connectivity index (χ3v) is 24.0. The fourth-order valence-electron chi connectivity index (χ4n) is 17.6. The molecular weight excluding hydrogens is 1560 g/mol. The van der Waals surface area contributed by atoms with Crippen LogP contribution in [-0.2, 0) is 63.8 Å². The zero-order chi connectivity index (χ0) is 85.8. The van der Waals surface area contributed by atoms with Gasteiger partial charge >= 0.3 is 0 Å². The second-order valence-electron chi connectivity index (χ2n) is 33.6. The van der Waals surface area contributed by atoms with Crippen molar-refractivity contribution in [1.82, 2.24) is 31.9 Å². The lowest BCUT2D eigenvalue weighted by Gasteiger charge is -2.54. The molecule has 119 heavy (non-hydrogen) atoms. The van der Waals surface area contributed by atoms with Crippen LogP contribution in [0.5, 0.6) is 46.0 Å². The number of hydrogen-bond donors (Lipinski definition) is 15. The molecule has 13 rings (SSSR count). The number of phenolic OH excluding ortho intramolecular Hbond substituents is 2. The Kier molecular flexibility index (Phi) is 30.4. The number of unbranched alkanes of at least 4 members (excludes halogenated alkanes) is 6. The first-order valence-corrected chi connectivity index (χ1v) is 41.7. The van der Waals surface area contributed by atoms with E-state index < -0.39 is 169 Å². The number of phenols is 2. The molecule has 4 aliphatic heterocycles. The Morgan fingerprint density at radius 2 is 1.45 bits per heavy atom. The molecule has 5 aromatic rings. The van der Waals surface area contributed by atoms with Crippen molar-refractivity contribution < 1.29 is 107 Å². The molecule has 32 heteroatoms. The Morgan fingerprint density at radius 3 is 2.09 bits per heavy atom. The number of carbonyl (C=O) groups is 9. The molecule has 6 fully saturated rings. The molecule has 0 spiro atoms. The summed E-state index contributed by atoms with van der Waals surface area (Å²) >= 11 is 7.22. The number of methoxy groups -OCH3 is 1. The van der Waals surface area contributed by atoms with Gasteiger partial charge in [0.15, 0.2) is 17.8 Å². The van der Waals surface area contributed by atoms with Crippen molar-refractivity contribution in [1.29, 1.82) is 0 Å². The summed E-state index contributed by atoms with van der Waals surface area (Å²) in [6, 6.07) is 12.3. The predicted octanol–water partition coefficient (Wildman–Crippen LogP) is 8.05. The Labute approximate surface area is 696 Å². The summed E-state index contributed by atoms with van der Waals surface area (Å²) in [4.78, 5) is 128. The highest BCUT2D eigenvalue weighted by Crippen LogP contribution is 2.55. The molecule has 646 valence electrons. The van der Waals surface area contributed by atoms with Crippen molar-refractivity contribution in [3.8, 4) is 57.1 Å². The van der Waals surface area contributed by atoms with Gasteiger partial charge in [-0.3, -0.25) is 48.5 Å². The van der Waals surface area contributed by atoms with Crippen molar-refractivity contribution in [2.45, 2.75) is 261 Å². The van der Waals surface area contributed by atoms with Crippen LogP contribution in [0.3, 0.4) is 0 Å². The normalized spacial score (nSPS) is 27.0. The summed E-state index contributed by atoms with van der Waals surface area (Å²) in [6.45, 7) is 10.1. The zero-order valence-corrected chi connectivity index (χ0v) is 69.0. The molecule has 0 radical (unpaired) electrons. The van der Waals surface area contributed by atoms with Crippen LogP contribution in [0.15, 0.2) is 84.9 Å². The minimum absolute atomic E-state index is 0.00984. The summed E-state index contributed by atoms with van der Waals surface area (Å²) < 4.78 is 45.0. The van der Waals surface area contributed by atoms with Crippen molar-refractivity contribution >= 4 is 64.8 Å². The second kappa shape index (κ2) is 40.1. The fourth-order valence-corrected chi connectivity index (χ4v) is 17.8. The number of aliphatic hydroxyl groups excluding tert-OH is 4. The molecule has 9 amide bonds. The predicted molar refractivity (Wildman–Crippen MR) is 435 cm³/mol. The number of aliphatic hydroxyl groups is 4. The first-order valence-electron chi connectivity index (χ1n) is 41.3. The Morgan fingerprint density at radius 1 is 0.748 bits per heavy atom. The highest BCUT2D eigenvalue weighted by Gasteiger charge is 2.51. The summed E-state index contributed by atoms with van der Waals surface area (Å²) in [5.74, 6) is -9.02. The molecule has 0 aromatic heterocycles. The van der Waals surface area contributed by atoms with Gasteiger partial charge in [-0.15, -0.1) is 0 Å². The number of aromatic hydroxyl groups is 2. The van der Waals surface area contributed by atoms with Crippen LogP contribution in [0.1, 0.15) is 215 Å². The highest BCUT2D eigenvalue weighted by atomic mass is 35.5. The van der Waals surface area contributed by atoms with Crippen LogP contribution in [0, 0.1) is 29.6 Å². The van der Waals surface area contributed by atoms with Gasteiger partial charge < -0.3 is 108 Å². The summed E-state index contributed by atoms with van der Waals surface area (Å²) in [6.07, 6.45) is -1.40. The molecule has 8 aliphatic rings. The van der Waals surface area contributed by atoms with E-state index in [-0.39, 0.29) is 123 Å². The van der Waals surface area contributed by atoms with Gasteiger partial charge in [-0.25, -0.2) is 0 Å². The van der Waals surface area contributed by atoms with E-state index >= 15 is 9.59 Å². The van der Waals surface area contributed by atoms with Gasteiger partial charge in [0, 0.05) is 60.4 Å². The van der Waals surface area contributed by atoms with Crippen LogP contribution >= 0.6 is 11.6 Å². The molecule has 18 N–H and O–H groups in total. The number of halogens is 1. The quantitative estimate of drug-likeness (QED) is 0.0177. The Bertz CT molecular complexity index is 4460. The van der Waals surface area contributed by atoms with Crippen molar-refractivity contribution in [3.63, 3.8) is 0 Å². The number of fused-ring (bicyclic) bond motifs is 9. The number of primary amides is 2. The van der Waals surface area contributed by atoms with E-state index in [4.69, 9.17) is 62.0 Å². The van der Waals surface area contributed by atoms with Crippen molar-refractivity contribution in [2.75, 3.05) is 13.7 Å². The van der Waals surface area contributed by atoms with Crippen LogP contribution < -0.4 is 68.0 Å². The van der Waals surface area contributed by atoms with Crippen LogP contribution in [0.4, 0.5) is 0 Å². The van der Waals surface area contributed by atoms with Crippen LogP contribution in [-0.4, -0.2) is 164 Å². The van der Waals surface area contributed by atoms with Gasteiger partial charge in [0.25, 0.3) is 0 Å². The smallest absolute Gasteiger partial charge is 0.247 e. The maximum Gasteiger partial charge on any atom is 0.247 e. The number of nitrogens with one attached hydrogen (secondary N) is 6. The SMILES string of the molecule is CCCCCCCCCC(=O)NC(=O)CC1NC(=O)C(NC(=O)CCC(C)C)C(C)c2ccc(cc2)Oc2cc(cc(Oc3ccc(C(O)CC(=O)NC(C(=O)NC4C5CC6CC(C5)CC4C6)c4cc(O)cc(OC)c4-c4cc(CC(N)=O)ccc4O)cc3Cl)c2OC2OC(CO)CC(O)C2OC2CC(C)(N)C(O)C(C)O2)C(C(N)=O)NC1=O. The van der Waals surface area contributed by atoms with E-state index in [1.807, 2.05) is 13.8 Å². The molecule has 5 aromatic carbocycles. The molecule has 4 aliphatic carbocycles. The lowest BCUT2D eigenvalue weighted by Crippen LogP contribution is -2.62. The molecular formula is C87H114ClN9O22. The van der Waals surface area contributed by atoms with Crippen molar-refractivity contribution in [2.24, 2.45) is 46.8 Å². The number of hydrogen-bond acceptors (Lipinski definition) is 23. The Hall–Kier alpha value is -9.70. The van der Waals surface area contributed by atoms with E-state index in [2.05, 4.69) is 38.8 Å². The fraction of sp³-hybridized carbons (Fsp3) is 0.552. The number of imide groups is 1. The second-order valence-corrected chi connectivity index (χ2v) is 34.0. The third-order valence-electron chi connectivity index (χ3n) is 23.7. The standard InChI is InChI=1S/C87H114ClN9O22/c1-8-9-10-11-12-13-14-15-69(104)93-71(106)39-60-83(110)97-77(82(90)109)53-34-66(115-55-21-18-49(19-22-55)44(4)75(84(111)92-60)94-70(105)25-16-43(2)3)80(119-86-79(63(102)38-56(42-98)116-86)118-73-41-87(6,91)81(108)45(5)114-73)67(35-53)117-64-24-20-50(33-59(64)88)62(101)40-72(107)95-78(85(112)96-76-51-27-47-26-48(29-51)30-52(76)28-47)58-36-54(99)37-65(113-7)74(58)57-31-46(32-68(89)103)17-23-61(57)100/h17-24,31,33-37,43-45,47-48,51-52,56,60,62-63,73,75-79,81,86,98-102,108H,8-16,25-30,32,38-42,91H2,1-7H3,(H2,89,103)(H2,90,109)(H,92,111)(H,94,105)(H,95,107)(H,96,112)(H,97,110)(H,93,104,106). The first-order chi connectivity index (χ1) is 56.6. The van der Waals surface area contributed by atoms with Gasteiger partial charge in [0.05, 0.1) is 68.5 Å². The van der Waals surface area contributed by atoms with Gasteiger partial charge in [-0.1, -0.05) is 102 Å². The molecule has 2 saturated heterocycles. The van der Waals surface area contributed by atoms with Crippen LogP contribution in [0.2, 0.25) is 5.02 Å². The van der Waals surface area contributed by atoms with Gasteiger partial charge in [-0.05, 0) is 171 Å². The van der Waals surface area contributed by atoms with E-state index in [9.17, 15) is 64.2 Å². The molecule has 8 bridgehead atoms. The zero-order valence-electron chi connectivity index (χ0n) is 68.2. The molecule has 31 nitrogen and oxygen atoms in total. The maximum absolute atomic E-state index is 15.3. The number of carbonyl (C=O) groups excluding carboxylic acids is 9. The number of ether oxygens (including phenoxy) is 7. The third kappa shape index (κ3) is 22.9. The van der Waals surface area contributed by atoms with E-state index in [0.717, 1.165) is 70.6 Å². The molecule has 14 unspecified atom stereocenters. The minimum atomic E-state index is -1.95. The van der Waals surface area contributed by atoms with Crippen molar-refractivity contribution in [3.05, 3.63) is 118 Å². The average Bonchev–Trinajstić information content (AvgIpc) is 0.758. The van der Waals surface area contributed by atoms with E-state index in [0.29, 0.717) is 35.8 Å². The number of benzene rings is 5. The van der Waals surface area contributed by atoms with Gasteiger partial charge in [0.1, 0.15) is 59.0 Å². The lowest BCUT2D eigenvalue weighted by atomic mass is 9.54. The molecule has 4 saturated carbocycles. The number of amides is 9. The number of rotatable bonds is 33. The number of nitrogens with two attached hydrogens (primary N) is 3. The Balaban J connectivity index is 0.968. The monoisotopic (exact) mass is 1670 g/mol. The minimum Gasteiger partial charge on any atom is -0.508 e. The van der Waals surface area contributed by atoms with Gasteiger partial charge in [-0.2, -0.15) is 0 Å². The lowest BCUT2D eigenvalue weighted by molar-refractivity contribution is -0.316. The average molecular weight is 1670 g/mol. The van der Waals surface area contributed by atoms with E-state index in [1.54, 1.807) is 32.9 Å². The molecule has 4 heterocycles. The topological polar surface area (TPSA) is 490 Å². The van der Waals surface area contributed by atoms with Crippen LogP contribution in [0.25, 0.3) is 11.1 Å². The van der Waals surface area contributed by atoms with E-state index in [1.165, 1.54) is 79.9 Å². The highest BCUT2D eigenvalue weighted by molar-refractivity contribution is 6.32. The first kappa shape index (κ1) is 90.1. The summed E-state index contributed by atoms with van der Waals surface area (Å²) in [7, 11) is 1.31. The largest absolute Gasteiger partial charge is 0.508 e. The summed E-state index contributed by atoms with van der Waals surface area (Å²) in [5.41, 5.74) is 18.0.